The van der Waals surface area contributed by atoms with Gasteiger partial charge in [0.25, 0.3) is 5.91 Å². The van der Waals surface area contributed by atoms with Crippen molar-refractivity contribution in [3.63, 3.8) is 0 Å². The maximum absolute atomic E-state index is 12.9. The van der Waals surface area contributed by atoms with Crippen LogP contribution in [0.25, 0.3) is 0 Å². The van der Waals surface area contributed by atoms with Crippen LogP contribution in [0.5, 0.6) is 0 Å². The third-order valence-corrected chi connectivity index (χ3v) is 3.61. The number of carbonyl (C=O) groups excluding carboxylic acids is 1. The maximum Gasteiger partial charge on any atom is 0.255 e. The molecule has 0 N–H and O–H groups in total. The van der Waals surface area contributed by atoms with Crippen molar-refractivity contribution >= 4 is 21.8 Å². The van der Waals surface area contributed by atoms with Crippen molar-refractivity contribution in [3.05, 3.63) is 34.1 Å². The molecule has 0 aromatic heterocycles. The molecule has 0 spiro atoms. The van der Waals surface area contributed by atoms with Crippen molar-refractivity contribution in [1.29, 1.82) is 0 Å². The Morgan fingerprint density at radius 3 is 2.53 bits per heavy atom. The van der Waals surface area contributed by atoms with Gasteiger partial charge in [0.2, 0.25) is 0 Å². The first kappa shape index (κ1) is 12.5. The zero-order chi connectivity index (χ0) is 12.4. The second-order valence-electron chi connectivity index (χ2n) is 4.22. The predicted molar refractivity (Wildman–Crippen MR) is 67.5 cm³/mol. The number of likely N-dealkylation sites (N-methyl/N-ethyl adjacent to an activating group) is 1. The number of halogens is 2. The highest BCUT2D eigenvalue weighted by Gasteiger charge is 2.21. The largest absolute Gasteiger partial charge is 0.336 e. The lowest BCUT2D eigenvalue weighted by molar-refractivity contribution is 0.0663. The lowest BCUT2D eigenvalue weighted by Gasteiger charge is -2.32. The molecule has 0 atom stereocenters. The van der Waals surface area contributed by atoms with E-state index < -0.39 is 0 Å². The molecule has 1 aliphatic heterocycles. The number of piperazine rings is 1. The van der Waals surface area contributed by atoms with Crippen molar-refractivity contribution in [2.24, 2.45) is 0 Å². The van der Waals surface area contributed by atoms with Crippen LogP contribution in [0.3, 0.4) is 0 Å². The van der Waals surface area contributed by atoms with Gasteiger partial charge in [-0.2, -0.15) is 0 Å². The van der Waals surface area contributed by atoms with Crippen LogP contribution >= 0.6 is 15.9 Å². The summed E-state index contributed by atoms with van der Waals surface area (Å²) >= 11 is 3.23. The topological polar surface area (TPSA) is 23.6 Å². The highest BCUT2D eigenvalue weighted by Crippen LogP contribution is 2.20. The van der Waals surface area contributed by atoms with Crippen LogP contribution in [0, 0.1) is 5.82 Å². The Balaban J connectivity index is 2.14. The van der Waals surface area contributed by atoms with E-state index in [4.69, 9.17) is 0 Å². The van der Waals surface area contributed by atoms with Crippen molar-refractivity contribution in [3.8, 4) is 0 Å². The number of hydrogen-bond donors (Lipinski definition) is 0. The molecule has 1 aromatic carbocycles. The monoisotopic (exact) mass is 300 g/mol. The molecule has 1 heterocycles. The van der Waals surface area contributed by atoms with Gasteiger partial charge in [0.15, 0.2) is 0 Å². The van der Waals surface area contributed by atoms with Crippen LogP contribution < -0.4 is 0 Å². The molecule has 1 amide bonds. The van der Waals surface area contributed by atoms with Crippen LogP contribution in [0.2, 0.25) is 0 Å². The molecule has 0 aliphatic carbocycles. The summed E-state index contributed by atoms with van der Waals surface area (Å²) in [6, 6.07) is 4.16. The number of carbonyl (C=O) groups is 1. The molecule has 0 radical (unpaired) electrons. The minimum atomic E-state index is -0.341. The molecular weight excluding hydrogens is 287 g/mol. The molecule has 1 aromatic rings. The fourth-order valence-electron chi connectivity index (χ4n) is 1.84. The van der Waals surface area contributed by atoms with Gasteiger partial charge in [0.1, 0.15) is 5.82 Å². The zero-order valence-electron chi connectivity index (χ0n) is 9.62. The van der Waals surface area contributed by atoms with E-state index in [-0.39, 0.29) is 11.7 Å². The summed E-state index contributed by atoms with van der Waals surface area (Å²) in [6.07, 6.45) is 0. The Labute approximate surface area is 108 Å². The van der Waals surface area contributed by atoms with Gasteiger partial charge in [-0.1, -0.05) is 0 Å². The molecule has 1 saturated heterocycles. The second-order valence-corrected chi connectivity index (χ2v) is 5.07. The van der Waals surface area contributed by atoms with E-state index in [1.54, 1.807) is 4.90 Å². The Morgan fingerprint density at radius 2 is 1.94 bits per heavy atom. The van der Waals surface area contributed by atoms with Crippen molar-refractivity contribution in [2.45, 2.75) is 0 Å². The van der Waals surface area contributed by atoms with Crippen LogP contribution in [0.4, 0.5) is 4.39 Å². The quantitative estimate of drug-likeness (QED) is 0.792. The number of benzene rings is 1. The normalized spacial score (nSPS) is 17.2. The summed E-state index contributed by atoms with van der Waals surface area (Å²) in [6.45, 7) is 3.20. The van der Waals surface area contributed by atoms with Gasteiger partial charge in [-0.05, 0) is 41.2 Å². The first-order valence-electron chi connectivity index (χ1n) is 5.51. The van der Waals surface area contributed by atoms with Crippen LogP contribution in [0.15, 0.2) is 22.7 Å². The number of nitrogens with zero attached hydrogens (tertiary/aromatic N) is 2. The Morgan fingerprint density at radius 1 is 1.29 bits per heavy atom. The number of rotatable bonds is 1. The van der Waals surface area contributed by atoms with Crippen molar-refractivity contribution in [1.82, 2.24) is 9.80 Å². The average Bonchev–Trinajstić information content (AvgIpc) is 2.29. The van der Waals surface area contributed by atoms with Crippen LogP contribution in [-0.4, -0.2) is 48.9 Å². The summed E-state index contributed by atoms with van der Waals surface area (Å²) < 4.78 is 13.5. The van der Waals surface area contributed by atoms with Gasteiger partial charge in [-0.25, -0.2) is 4.39 Å². The van der Waals surface area contributed by atoms with Gasteiger partial charge in [-0.15, -0.1) is 0 Å². The molecule has 17 heavy (non-hydrogen) atoms. The zero-order valence-corrected chi connectivity index (χ0v) is 11.2. The van der Waals surface area contributed by atoms with Gasteiger partial charge in [0, 0.05) is 30.7 Å². The fourth-order valence-corrected chi connectivity index (χ4v) is 2.36. The molecule has 3 nitrogen and oxygen atoms in total. The molecule has 2 rings (SSSR count). The molecule has 92 valence electrons. The summed E-state index contributed by atoms with van der Waals surface area (Å²) in [5, 5.41) is 0. The fraction of sp³-hybridized carbons (Fsp3) is 0.417. The van der Waals surface area contributed by atoms with E-state index in [2.05, 4.69) is 20.8 Å². The van der Waals surface area contributed by atoms with Gasteiger partial charge >= 0.3 is 0 Å². The molecule has 5 heteroatoms. The van der Waals surface area contributed by atoms with Crippen molar-refractivity contribution in [2.75, 3.05) is 33.2 Å². The van der Waals surface area contributed by atoms with Gasteiger partial charge in [-0.3, -0.25) is 4.79 Å². The number of amides is 1. The molecular formula is C12H14BrFN2O. The third-order valence-electron chi connectivity index (χ3n) is 2.95. The summed E-state index contributed by atoms with van der Waals surface area (Å²) in [4.78, 5) is 16.2. The Bertz CT molecular complexity index is 431. The highest BCUT2D eigenvalue weighted by atomic mass is 79.9. The second kappa shape index (κ2) is 5.14. The molecule has 0 bridgehead atoms. The molecule has 0 saturated carbocycles. The number of hydrogen-bond acceptors (Lipinski definition) is 2. The minimum Gasteiger partial charge on any atom is -0.336 e. The first-order valence-corrected chi connectivity index (χ1v) is 6.30. The van der Waals surface area contributed by atoms with Crippen LogP contribution in [0.1, 0.15) is 10.4 Å². The predicted octanol–water partition coefficient (Wildman–Crippen LogP) is 1.98. The average molecular weight is 301 g/mol. The standard InChI is InChI=1S/C12H14BrFN2O/c1-15-4-6-16(7-5-15)12(17)10-3-2-9(14)8-11(10)13/h2-3,8H,4-7H2,1H3. The Hall–Kier alpha value is -0.940. The lowest BCUT2D eigenvalue weighted by Crippen LogP contribution is -2.47. The third kappa shape index (κ3) is 2.84. The van der Waals surface area contributed by atoms with E-state index in [1.165, 1.54) is 18.2 Å². The SMILES string of the molecule is CN1CCN(C(=O)c2ccc(F)cc2Br)CC1. The van der Waals surface area contributed by atoms with E-state index in [0.29, 0.717) is 10.0 Å². The van der Waals surface area contributed by atoms with E-state index in [0.717, 1.165) is 26.2 Å². The van der Waals surface area contributed by atoms with E-state index in [9.17, 15) is 9.18 Å². The van der Waals surface area contributed by atoms with E-state index in [1.807, 2.05) is 7.05 Å². The van der Waals surface area contributed by atoms with Crippen LogP contribution in [-0.2, 0) is 0 Å². The Kier molecular flexibility index (Phi) is 3.79. The smallest absolute Gasteiger partial charge is 0.255 e. The molecule has 1 fully saturated rings. The summed E-state index contributed by atoms with van der Waals surface area (Å²) in [7, 11) is 2.04. The maximum atomic E-state index is 12.9. The first-order chi connectivity index (χ1) is 8.08. The molecule has 0 unspecified atom stereocenters. The summed E-state index contributed by atoms with van der Waals surface area (Å²) in [5.74, 6) is -0.378. The van der Waals surface area contributed by atoms with Gasteiger partial charge in [0.05, 0.1) is 5.56 Å². The summed E-state index contributed by atoms with van der Waals surface area (Å²) in [5.41, 5.74) is 0.524. The van der Waals surface area contributed by atoms with Crippen molar-refractivity contribution < 1.29 is 9.18 Å². The van der Waals surface area contributed by atoms with Gasteiger partial charge < -0.3 is 9.80 Å². The minimum absolute atomic E-state index is 0.0371. The molecule has 1 aliphatic rings. The lowest BCUT2D eigenvalue weighted by atomic mass is 10.2. The van der Waals surface area contributed by atoms with E-state index >= 15 is 0 Å². The highest BCUT2D eigenvalue weighted by molar-refractivity contribution is 9.10.